The number of halogens is 1. The molecular weight excluding hydrogens is 557 g/mol. The summed E-state index contributed by atoms with van der Waals surface area (Å²) in [5.41, 5.74) is 1.39. The first kappa shape index (κ1) is 28.7. The van der Waals surface area contributed by atoms with Gasteiger partial charge in [0.2, 0.25) is 5.43 Å². The monoisotopic (exact) mass is 591 g/mol. The van der Waals surface area contributed by atoms with E-state index in [1.165, 1.54) is 20.4 Å². The Balaban J connectivity index is 1.27. The van der Waals surface area contributed by atoms with Crippen LogP contribution in [-0.4, -0.2) is 85.6 Å². The van der Waals surface area contributed by atoms with Crippen LogP contribution in [0.15, 0.2) is 46.5 Å². The summed E-state index contributed by atoms with van der Waals surface area (Å²) in [6.45, 7) is 2.13. The van der Waals surface area contributed by atoms with Crippen LogP contribution in [0.5, 0.6) is 5.75 Å². The second-order valence-corrected chi connectivity index (χ2v) is 11.3. The second kappa shape index (κ2) is 11.3. The molecule has 226 valence electrons. The van der Waals surface area contributed by atoms with Gasteiger partial charge in [-0.15, -0.1) is 0 Å². The predicted octanol–water partition coefficient (Wildman–Crippen LogP) is 3.48. The number of anilines is 2. The first-order valence-electron chi connectivity index (χ1n) is 14.4. The van der Waals surface area contributed by atoms with Gasteiger partial charge in [-0.2, -0.15) is 0 Å². The smallest absolute Gasteiger partial charge is 0.341 e. The molecule has 0 spiro atoms. The molecule has 3 aromatic rings. The molecule has 3 heterocycles. The van der Waals surface area contributed by atoms with Crippen LogP contribution < -0.4 is 20.0 Å². The predicted molar refractivity (Wildman–Crippen MR) is 160 cm³/mol. The van der Waals surface area contributed by atoms with E-state index in [1.54, 1.807) is 9.47 Å². The lowest BCUT2D eigenvalue weighted by Gasteiger charge is -2.40. The summed E-state index contributed by atoms with van der Waals surface area (Å²) in [6.07, 6.45) is 4.74. The third-order valence-corrected chi connectivity index (χ3v) is 8.67. The Hall–Kier alpha value is -4.45. The number of carboxylic acids is 1. The Morgan fingerprint density at radius 2 is 1.95 bits per heavy atom. The number of benzene rings is 2. The summed E-state index contributed by atoms with van der Waals surface area (Å²) in [5.74, 6) is -1.94. The van der Waals surface area contributed by atoms with Gasteiger partial charge in [0, 0.05) is 50.0 Å². The largest absolute Gasteiger partial charge is 0.492 e. The molecule has 1 N–H and O–H groups in total. The molecule has 12 heteroatoms. The number of ether oxygens (including phenoxy) is 1. The highest BCUT2D eigenvalue weighted by Gasteiger charge is 2.36. The number of likely N-dealkylation sites (N-methyl/N-ethyl adjacent to an activating group) is 1. The van der Waals surface area contributed by atoms with Crippen LogP contribution in [0.1, 0.15) is 47.6 Å². The number of para-hydroxylation sites is 1. The molecule has 1 unspecified atom stereocenters. The molecule has 1 saturated carbocycles. The quantitative estimate of drug-likeness (QED) is 0.376. The van der Waals surface area contributed by atoms with Crippen molar-refractivity contribution >= 4 is 39.9 Å². The van der Waals surface area contributed by atoms with E-state index in [0.717, 1.165) is 43.0 Å². The zero-order chi connectivity index (χ0) is 30.4. The Bertz CT molecular complexity index is 1700. The Morgan fingerprint density at radius 3 is 2.65 bits per heavy atom. The maximum atomic E-state index is 15.9. The average molecular weight is 592 g/mol. The first-order chi connectivity index (χ1) is 20.7. The SMILES string of the molecule is CO/N=C1/C(=O)N(CCN(C)C2CCCN(c3c(F)cc4c(=O)c(C(=O)O)cn(C5CC5)c4c3OC)C2)c2ccccc21. The topological polar surface area (TPSA) is 117 Å². The summed E-state index contributed by atoms with van der Waals surface area (Å²) < 4.78 is 23.4. The van der Waals surface area contributed by atoms with E-state index in [9.17, 15) is 19.5 Å². The van der Waals surface area contributed by atoms with Gasteiger partial charge in [0.1, 0.15) is 18.4 Å². The highest BCUT2D eigenvalue weighted by molar-refractivity contribution is 6.54. The molecule has 11 nitrogen and oxygen atoms in total. The zero-order valence-electron chi connectivity index (χ0n) is 24.4. The molecule has 6 rings (SSSR count). The highest BCUT2D eigenvalue weighted by Crippen LogP contribution is 2.44. The number of aromatic carboxylic acids is 1. The van der Waals surface area contributed by atoms with Gasteiger partial charge in [0.25, 0.3) is 5.91 Å². The number of rotatable bonds is 9. The fraction of sp³-hybridized carbons (Fsp3) is 0.419. The molecule has 1 atom stereocenters. The molecule has 1 amide bonds. The van der Waals surface area contributed by atoms with Crippen LogP contribution in [0.25, 0.3) is 10.9 Å². The molecule has 2 aliphatic heterocycles. The van der Waals surface area contributed by atoms with Crippen LogP contribution in [0.2, 0.25) is 0 Å². The summed E-state index contributed by atoms with van der Waals surface area (Å²) in [5, 5.41) is 13.6. The summed E-state index contributed by atoms with van der Waals surface area (Å²) in [6, 6.07) is 8.74. The number of carboxylic acid groups (broad SMARTS) is 1. The zero-order valence-corrected chi connectivity index (χ0v) is 24.4. The Kier molecular flexibility index (Phi) is 7.55. The molecule has 2 fully saturated rings. The maximum Gasteiger partial charge on any atom is 0.341 e. The first-order valence-corrected chi connectivity index (χ1v) is 14.4. The lowest BCUT2D eigenvalue weighted by atomic mass is 10.0. The van der Waals surface area contributed by atoms with Crippen LogP contribution in [0.4, 0.5) is 15.8 Å². The standard InChI is InChI=1S/C31H34FN5O6/c1-34(13-14-36-24-9-5-4-8-20(24)25(30(36)39)33-43-3)19-7-6-12-35(16-19)27-23(32)15-21-26(29(27)42-2)37(18-10-11-18)17-22(28(21)38)31(40)41/h4-5,8-9,15,17-19H,6-7,10-14,16H2,1-3H3,(H,40,41)/b33-25+. The number of pyridine rings is 1. The van der Waals surface area contributed by atoms with Gasteiger partial charge in [0.15, 0.2) is 17.3 Å². The number of nitrogens with zero attached hydrogens (tertiary/aromatic N) is 5. The van der Waals surface area contributed by atoms with E-state index in [4.69, 9.17) is 9.57 Å². The molecule has 3 aliphatic rings. The molecule has 0 bridgehead atoms. The number of methoxy groups -OCH3 is 1. The van der Waals surface area contributed by atoms with Gasteiger partial charge < -0.3 is 29.0 Å². The maximum absolute atomic E-state index is 15.9. The normalized spacial score (nSPS) is 19.4. The van der Waals surface area contributed by atoms with E-state index in [2.05, 4.69) is 10.1 Å². The van der Waals surface area contributed by atoms with Gasteiger partial charge in [-0.05, 0) is 44.9 Å². The fourth-order valence-electron chi connectivity index (χ4n) is 6.35. The van der Waals surface area contributed by atoms with Crippen molar-refractivity contribution in [3.63, 3.8) is 0 Å². The minimum Gasteiger partial charge on any atom is -0.492 e. The van der Waals surface area contributed by atoms with Crippen molar-refractivity contribution in [3.05, 3.63) is 63.7 Å². The van der Waals surface area contributed by atoms with Crippen molar-refractivity contribution in [2.45, 2.75) is 37.8 Å². The van der Waals surface area contributed by atoms with Gasteiger partial charge in [0.05, 0.1) is 23.7 Å². The van der Waals surface area contributed by atoms with E-state index in [1.807, 2.05) is 36.2 Å². The third kappa shape index (κ3) is 4.99. The number of oxime groups is 1. The molecule has 2 aromatic carbocycles. The van der Waals surface area contributed by atoms with Crippen LogP contribution >= 0.6 is 0 Å². The number of fused-ring (bicyclic) bond motifs is 2. The van der Waals surface area contributed by atoms with Crippen molar-refractivity contribution in [1.29, 1.82) is 0 Å². The molecule has 0 radical (unpaired) electrons. The van der Waals surface area contributed by atoms with Crippen LogP contribution in [0, 0.1) is 5.82 Å². The van der Waals surface area contributed by atoms with Crippen molar-refractivity contribution in [2.75, 3.05) is 57.2 Å². The number of aromatic nitrogens is 1. The fourth-order valence-corrected chi connectivity index (χ4v) is 6.35. The van der Waals surface area contributed by atoms with Crippen molar-refractivity contribution in [1.82, 2.24) is 9.47 Å². The lowest BCUT2D eigenvalue weighted by Crippen LogP contribution is -2.49. The molecule has 1 aliphatic carbocycles. The van der Waals surface area contributed by atoms with Gasteiger partial charge >= 0.3 is 5.97 Å². The summed E-state index contributed by atoms with van der Waals surface area (Å²) in [7, 11) is 4.86. The van der Waals surface area contributed by atoms with E-state index in [-0.39, 0.29) is 46.1 Å². The van der Waals surface area contributed by atoms with Gasteiger partial charge in [-0.25, -0.2) is 9.18 Å². The molecular formula is C31H34FN5O6. The number of hydrogen-bond donors (Lipinski definition) is 1. The van der Waals surface area contributed by atoms with Crippen molar-refractivity contribution < 1.29 is 28.7 Å². The number of carbonyl (C=O) groups excluding carboxylic acids is 1. The van der Waals surface area contributed by atoms with E-state index in [0.29, 0.717) is 31.7 Å². The van der Waals surface area contributed by atoms with E-state index < -0.39 is 17.2 Å². The molecule has 1 saturated heterocycles. The van der Waals surface area contributed by atoms with Crippen molar-refractivity contribution in [2.24, 2.45) is 5.16 Å². The third-order valence-electron chi connectivity index (χ3n) is 8.67. The van der Waals surface area contributed by atoms with E-state index >= 15 is 4.39 Å². The number of amides is 1. The minimum atomic E-state index is -1.34. The number of hydrogen-bond acceptors (Lipinski definition) is 8. The van der Waals surface area contributed by atoms with Crippen LogP contribution in [-0.2, 0) is 9.63 Å². The second-order valence-electron chi connectivity index (χ2n) is 11.3. The highest BCUT2D eigenvalue weighted by atomic mass is 19.1. The molecule has 1 aromatic heterocycles. The lowest BCUT2D eigenvalue weighted by molar-refractivity contribution is -0.112. The van der Waals surface area contributed by atoms with Crippen LogP contribution in [0.3, 0.4) is 0 Å². The minimum absolute atomic E-state index is 0.00233. The van der Waals surface area contributed by atoms with Gasteiger partial charge in [-0.3, -0.25) is 14.5 Å². The Labute approximate surface area is 247 Å². The average Bonchev–Trinajstić information content (AvgIpc) is 3.81. The van der Waals surface area contributed by atoms with Crippen molar-refractivity contribution in [3.8, 4) is 5.75 Å². The molecule has 43 heavy (non-hydrogen) atoms. The Morgan fingerprint density at radius 1 is 1.19 bits per heavy atom. The summed E-state index contributed by atoms with van der Waals surface area (Å²) in [4.78, 5) is 48.7. The number of piperidine rings is 1. The summed E-state index contributed by atoms with van der Waals surface area (Å²) >= 11 is 0. The van der Waals surface area contributed by atoms with Gasteiger partial charge in [-0.1, -0.05) is 23.4 Å². The number of carbonyl (C=O) groups is 2.